The van der Waals surface area contributed by atoms with E-state index < -0.39 is 16.8 Å². The Labute approximate surface area is 111 Å². The molecule has 8 heteroatoms. The molecule has 0 aliphatic heterocycles. The molecule has 0 aliphatic rings. The van der Waals surface area contributed by atoms with E-state index in [2.05, 4.69) is 20.9 Å². The second-order valence-corrected chi connectivity index (χ2v) is 4.41. The van der Waals surface area contributed by atoms with E-state index in [9.17, 15) is 14.9 Å². The third-order valence-electron chi connectivity index (χ3n) is 2.34. The maximum absolute atomic E-state index is 10.9. The van der Waals surface area contributed by atoms with Crippen LogP contribution in [0.3, 0.4) is 0 Å². The SMILES string of the molecule is CC[C@@H](C(=N)c1ncc(Br)cc1[N+](=O)[O-])C(=O)O. The monoisotopic (exact) mass is 315 g/mol. The van der Waals surface area contributed by atoms with Gasteiger partial charge in [-0.25, -0.2) is 4.98 Å². The Bertz CT molecular complexity index is 518. The summed E-state index contributed by atoms with van der Waals surface area (Å²) in [5.74, 6) is -2.29. The van der Waals surface area contributed by atoms with Crippen LogP contribution in [0.1, 0.15) is 19.0 Å². The number of aliphatic carboxylic acids is 1. The molecule has 0 saturated heterocycles. The number of aromatic nitrogens is 1. The molecule has 0 fully saturated rings. The Hall–Kier alpha value is -1.83. The number of carbonyl (C=O) groups is 1. The van der Waals surface area contributed by atoms with Crippen molar-refractivity contribution in [3.63, 3.8) is 0 Å². The number of hydrogen-bond donors (Lipinski definition) is 2. The van der Waals surface area contributed by atoms with Crippen LogP contribution in [0.15, 0.2) is 16.7 Å². The largest absolute Gasteiger partial charge is 0.481 e. The molecule has 0 amide bonds. The van der Waals surface area contributed by atoms with Gasteiger partial charge < -0.3 is 10.5 Å². The van der Waals surface area contributed by atoms with Crippen LogP contribution in [-0.4, -0.2) is 26.7 Å². The van der Waals surface area contributed by atoms with Gasteiger partial charge in [-0.1, -0.05) is 6.92 Å². The minimum atomic E-state index is -1.19. The molecule has 7 nitrogen and oxygen atoms in total. The molecular formula is C10H10BrN3O4. The third-order valence-corrected chi connectivity index (χ3v) is 2.77. The lowest BCUT2D eigenvalue weighted by atomic mass is 9.97. The summed E-state index contributed by atoms with van der Waals surface area (Å²) in [6, 6.07) is 1.20. The summed E-state index contributed by atoms with van der Waals surface area (Å²) in [6.45, 7) is 1.60. The van der Waals surface area contributed by atoms with Crippen LogP contribution in [0.5, 0.6) is 0 Å². The van der Waals surface area contributed by atoms with Crippen LogP contribution in [0.4, 0.5) is 5.69 Å². The molecule has 1 aromatic rings. The lowest BCUT2D eigenvalue weighted by Crippen LogP contribution is -2.24. The van der Waals surface area contributed by atoms with Gasteiger partial charge in [-0.2, -0.15) is 0 Å². The first-order chi connectivity index (χ1) is 8.38. The molecule has 0 aromatic carbocycles. The maximum Gasteiger partial charge on any atom is 0.312 e. The number of pyridine rings is 1. The highest BCUT2D eigenvalue weighted by molar-refractivity contribution is 9.10. The van der Waals surface area contributed by atoms with E-state index in [1.165, 1.54) is 12.3 Å². The molecule has 0 unspecified atom stereocenters. The van der Waals surface area contributed by atoms with Crippen LogP contribution in [0, 0.1) is 21.4 Å². The third kappa shape index (κ3) is 2.89. The smallest absolute Gasteiger partial charge is 0.312 e. The molecule has 2 N–H and O–H groups in total. The van der Waals surface area contributed by atoms with Gasteiger partial charge in [0.05, 0.1) is 10.6 Å². The van der Waals surface area contributed by atoms with E-state index in [4.69, 9.17) is 10.5 Å². The Morgan fingerprint density at radius 3 is 2.78 bits per heavy atom. The summed E-state index contributed by atoms with van der Waals surface area (Å²) >= 11 is 3.04. The standard InChI is InChI=1S/C10H10BrN3O4/c1-2-6(10(15)16)8(12)9-7(14(17)18)3-5(11)4-13-9/h3-4,6,12H,2H2,1H3,(H,15,16)/t6-/m0/s1. The van der Waals surface area contributed by atoms with Gasteiger partial charge in [-0.3, -0.25) is 14.9 Å². The van der Waals surface area contributed by atoms with Gasteiger partial charge in [0.15, 0.2) is 5.69 Å². The van der Waals surface area contributed by atoms with Crippen molar-refractivity contribution in [2.24, 2.45) is 5.92 Å². The maximum atomic E-state index is 10.9. The number of nitrogens with one attached hydrogen (secondary N) is 1. The van der Waals surface area contributed by atoms with Gasteiger partial charge in [0.25, 0.3) is 5.69 Å². The van der Waals surface area contributed by atoms with Gasteiger partial charge in [0.2, 0.25) is 0 Å². The highest BCUT2D eigenvalue weighted by Gasteiger charge is 2.28. The van der Waals surface area contributed by atoms with E-state index in [0.29, 0.717) is 4.47 Å². The van der Waals surface area contributed by atoms with Crippen molar-refractivity contribution in [3.8, 4) is 0 Å². The number of carboxylic acids is 1. The van der Waals surface area contributed by atoms with E-state index in [1.54, 1.807) is 6.92 Å². The molecule has 1 heterocycles. The zero-order valence-electron chi connectivity index (χ0n) is 9.38. The first-order valence-electron chi connectivity index (χ1n) is 5.00. The Balaban J connectivity index is 3.28. The van der Waals surface area contributed by atoms with Crippen LogP contribution in [0.25, 0.3) is 0 Å². The number of hydrogen-bond acceptors (Lipinski definition) is 5. The van der Waals surface area contributed by atoms with Crippen LogP contribution in [0.2, 0.25) is 0 Å². The highest BCUT2D eigenvalue weighted by Crippen LogP contribution is 2.24. The van der Waals surface area contributed by atoms with Crippen molar-refractivity contribution in [2.45, 2.75) is 13.3 Å². The van der Waals surface area contributed by atoms with Crippen molar-refractivity contribution in [3.05, 3.63) is 32.5 Å². The second kappa shape index (κ2) is 5.67. The lowest BCUT2D eigenvalue weighted by Gasteiger charge is -2.11. The summed E-state index contributed by atoms with van der Waals surface area (Å²) in [5.41, 5.74) is -0.948. The molecular weight excluding hydrogens is 306 g/mol. The minimum absolute atomic E-state index is 0.170. The number of rotatable bonds is 5. The normalized spacial score (nSPS) is 11.9. The fourth-order valence-electron chi connectivity index (χ4n) is 1.44. The van der Waals surface area contributed by atoms with E-state index in [1.807, 2.05) is 0 Å². The Kier molecular flexibility index (Phi) is 4.49. The predicted molar refractivity (Wildman–Crippen MR) is 66.8 cm³/mol. The summed E-state index contributed by atoms with van der Waals surface area (Å²) < 4.78 is 0.397. The fraction of sp³-hybridized carbons (Fsp3) is 0.300. The molecule has 18 heavy (non-hydrogen) atoms. The highest BCUT2D eigenvalue weighted by atomic mass is 79.9. The lowest BCUT2D eigenvalue weighted by molar-refractivity contribution is -0.385. The van der Waals surface area contributed by atoms with Gasteiger partial charge in [0.1, 0.15) is 5.92 Å². The van der Waals surface area contributed by atoms with Gasteiger partial charge in [0, 0.05) is 16.7 Å². The van der Waals surface area contributed by atoms with Crippen LogP contribution < -0.4 is 0 Å². The quantitative estimate of drug-likeness (QED) is 0.491. The first kappa shape index (κ1) is 14.2. The average Bonchev–Trinajstić information content (AvgIpc) is 2.28. The number of carboxylic acid groups (broad SMARTS) is 1. The fourth-order valence-corrected chi connectivity index (χ4v) is 1.76. The van der Waals surface area contributed by atoms with Crippen molar-refractivity contribution in [1.82, 2.24) is 4.98 Å². The van der Waals surface area contributed by atoms with Crippen LogP contribution in [-0.2, 0) is 4.79 Å². The van der Waals surface area contributed by atoms with Gasteiger partial charge in [-0.15, -0.1) is 0 Å². The molecule has 0 saturated carbocycles. The molecule has 1 atom stereocenters. The number of halogens is 1. The summed E-state index contributed by atoms with van der Waals surface area (Å²) in [5, 5.41) is 27.6. The van der Waals surface area contributed by atoms with Crippen molar-refractivity contribution >= 4 is 33.3 Å². The zero-order valence-corrected chi connectivity index (χ0v) is 11.0. The second-order valence-electron chi connectivity index (χ2n) is 3.49. The summed E-state index contributed by atoms with van der Waals surface area (Å²) in [6.07, 6.45) is 1.47. The van der Waals surface area contributed by atoms with Crippen LogP contribution >= 0.6 is 15.9 Å². The van der Waals surface area contributed by atoms with Gasteiger partial charge in [-0.05, 0) is 22.4 Å². The topological polar surface area (TPSA) is 117 Å². The molecule has 0 bridgehead atoms. The van der Waals surface area contributed by atoms with Crippen molar-refractivity contribution < 1.29 is 14.8 Å². The summed E-state index contributed by atoms with van der Waals surface area (Å²) in [4.78, 5) is 24.9. The summed E-state index contributed by atoms with van der Waals surface area (Å²) in [7, 11) is 0. The first-order valence-corrected chi connectivity index (χ1v) is 5.79. The van der Waals surface area contributed by atoms with Crippen molar-refractivity contribution in [2.75, 3.05) is 0 Å². The zero-order chi connectivity index (χ0) is 13.9. The average molecular weight is 316 g/mol. The van der Waals surface area contributed by atoms with Crippen molar-refractivity contribution in [1.29, 1.82) is 5.41 Å². The molecule has 1 aromatic heterocycles. The Morgan fingerprint density at radius 2 is 2.33 bits per heavy atom. The molecule has 0 spiro atoms. The number of nitrogens with zero attached hydrogens (tertiary/aromatic N) is 2. The Morgan fingerprint density at radius 1 is 1.72 bits per heavy atom. The molecule has 0 aliphatic carbocycles. The van der Waals surface area contributed by atoms with E-state index >= 15 is 0 Å². The van der Waals surface area contributed by atoms with E-state index in [0.717, 1.165) is 0 Å². The van der Waals surface area contributed by atoms with Gasteiger partial charge >= 0.3 is 5.97 Å². The molecule has 0 radical (unpaired) electrons. The molecule has 1 rings (SSSR count). The molecule has 96 valence electrons. The number of nitro groups is 1. The van der Waals surface area contributed by atoms with E-state index in [-0.39, 0.29) is 23.5 Å². The minimum Gasteiger partial charge on any atom is -0.481 e. The predicted octanol–water partition coefficient (Wildman–Crippen LogP) is 2.23.